The molecule has 0 aromatic heterocycles. The van der Waals surface area contributed by atoms with Gasteiger partial charge in [-0.05, 0) is 72.9 Å². The van der Waals surface area contributed by atoms with Crippen LogP contribution in [0.4, 0.5) is 0 Å². The topological polar surface area (TPSA) is 0 Å². The van der Waals surface area contributed by atoms with Gasteiger partial charge in [-0.2, -0.15) is 0 Å². The predicted octanol–water partition coefficient (Wildman–Crippen LogP) is 5.90. The van der Waals surface area contributed by atoms with E-state index in [1.165, 1.54) is 49.7 Å². The van der Waals surface area contributed by atoms with Crippen LogP contribution in [0.5, 0.6) is 0 Å². The van der Waals surface area contributed by atoms with Crippen LogP contribution in [0.2, 0.25) is 0 Å². The van der Waals surface area contributed by atoms with Crippen LogP contribution in [-0.4, -0.2) is 0 Å². The summed E-state index contributed by atoms with van der Waals surface area (Å²) in [5.41, 5.74) is 2.96. The van der Waals surface area contributed by atoms with Crippen LogP contribution in [0.15, 0.2) is 35.3 Å². The van der Waals surface area contributed by atoms with E-state index < -0.39 is 0 Å². The van der Waals surface area contributed by atoms with Crippen LogP contribution in [0.3, 0.4) is 0 Å². The highest BCUT2D eigenvalue weighted by Gasteiger charge is 2.19. The number of halogens is 1. The summed E-state index contributed by atoms with van der Waals surface area (Å²) in [6.07, 6.45) is 11.7. The lowest BCUT2D eigenvalue weighted by atomic mass is 9.79. The van der Waals surface area contributed by atoms with Crippen LogP contribution < -0.4 is 0 Å². The van der Waals surface area contributed by atoms with Gasteiger partial charge in [-0.3, -0.25) is 0 Å². The van der Waals surface area contributed by atoms with Crippen molar-refractivity contribution in [2.75, 3.05) is 0 Å². The van der Waals surface area contributed by atoms with E-state index in [1.807, 2.05) is 4.99 Å². The van der Waals surface area contributed by atoms with Gasteiger partial charge >= 0.3 is 0 Å². The summed E-state index contributed by atoms with van der Waals surface area (Å²) >= 11 is 3.39. The molecule has 1 aromatic carbocycles. The molecule has 0 unspecified atom stereocenters. The van der Waals surface area contributed by atoms with Gasteiger partial charge in [0.2, 0.25) is 0 Å². The Labute approximate surface area is 126 Å². The lowest BCUT2D eigenvalue weighted by Gasteiger charge is -2.26. The van der Waals surface area contributed by atoms with Crippen LogP contribution >= 0.6 is 15.9 Å². The zero-order valence-electron chi connectivity index (χ0n) is 11.9. The summed E-state index contributed by atoms with van der Waals surface area (Å²) in [4.78, 5) is 2.03. The van der Waals surface area contributed by atoms with Crippen molar-refractivity contribution in [3.8, 4) is 0 Å². The molecule has 0 bridgehead atoms. The molecule has 0 nitrogen and oxygen atoms in total. The van der Waals surface area contributed by atoms with Gasteiger partial charge in [0.05, 0.1) is 0 Å². The van der Waals surface area contributed by atoms with Gasteiger partial charge in [0, 0.05) is 0 Å². The van der Waals surface area contributed by atoms with E-state index in [0.717, 1.165) is 18.3 Å². The first kappa shape index (κ1) is 14.8. The van der Waals surface area contributed by atoms with E-state index in [1.54, 1.807) is 0 Å². The molecule has 0 radical (unpaired) electrons. The van der Waals surface area contributed by atoms with Crippen molar-refractivity contribution in [2.45, 2.75) is 51.9 Å². The first-order valence-corrected chi connectivity index (χ1v) is 8.58. The van der Waals surface area contributed by atoms with Crippen LogP contribution in [-0.2, 0) is 12.8 Å². The van der Waals surface area contributed by atoms with Crippen molar-refractivity contribution in [1.29, 1.82) is 0 Å². The van der Waals surface area contributed by atoms with Gasteiger partial charge in [-0.25, -0.2) is 0 Å². The smallest absolute Gasteiger partial charge is 0.0225 e. The third-order valence-electron chi connectivity index (χ3n) is 4.51. The van der Waals surface area contributed by atoms with Crippen molar-refractivity contribution in [1.82, 2.24) is 0 Å². The van der Waals surface area contributed by atoms with Crippen molar-refractivity contribution in [3.05, 3.63) is 46.5 Å². The second kappa shape index (κ2) is 7.89. The SMILES string of the molecule is CCc1ccc(CCC2CCC(/C=C/Br)CC2)cc1. The maximum Gasteiger partial charge on any atom is -0.0225 e. The summed E-state index contributed by atoms with van der Waals surface area (Å²) in [6, 6.07) is 9.20. The highest BCUT2D eigenvalue weighted by atomic mass is 79.9. The van der Waals surface area contributed by atoms with Gasteiger partial charge in [-0.15, -0.1) is 0 Å². The van der Waals surface area contributed by atoms with Gasteiger partial charge in [0.1, 0.15) is 0 Å². The Morgan fingerprint density at radius 2 is 1.68 bits per heavy atom. The minimum absolute atomic E-state index is 0.819. The lowest BCUT2D eigenvalue weighted by Crippen LogP contribution is -2.13. The summed E-state index contributed by atoms with van der Waals surface area (Å²) in [6.45, 7) is 2.22. The Kier molecular flexibility index (Phi) is 6.16. The van der Waals surface area contributed by atoms with Crippen molar-refractivity contribution in [2.24, 2.45) is 11.8 Å². The van der Waals surface area contributed by atoms with E-state index in [4.69, 9.17) is 0 Å². The fraction of sp³-hybridized carbons (Fsp3) is 0.556. The fourth-order valence-corrected chi connectivity index (χ4v) is 3.52. The highest BCUT2D eigenvalue weighted by Crippen LogP contribution is 2.32. The van der Waals surface area contributed by atoms with Crippen molar-refractivity contribution < 1.29 is 0 Å². The minimum atomic E-state index is 0.819. The molecule has 0 amide bonds. The Balaban J connectivity index is 1.74. The van der Waals surface area contributed by atoms with Crippen molar-refractivity contribution >= 4 is 15.9 Å². The second-order valence-electron chi connectivity index (χ2n) is 5.81. The average molecular weight is 321 g/mol. The summed E-state index contributed by atoms with van der Waals surface area (Å²) < 4.78 is 0. The molecule has 0 N–H and O–H groups in total. The molecule has 1 aromatic rings. The van der Waals surface area contributed by atoms with Crippen molar-refractivity contribution in [3.63, 3.8) is 0 Å². The number of benzene rings is 1. The summed E-state index contributed by atoms with van der Waals surface area (Å²) in [5.74, 6) is 1.77. The Hall–Kier alpha value is -0.560. The number of hydrogen-bond donors (Lipinski definition) is 0. The first-order valence-electron chi connectivity index (χ1n) is 7.66. The molecule has 104 valence electrons. The molecule has 1 aliphatic rings. The van der Waals surface area contributed by atoms with E-state index >= 15 is 0 Å². The predicted molar refractivity (Wildman–Crippen MR) is 87.7 cm³/mol. The standard InChI is InChI=1S/C18H25Br/c1-2-15-3-5-16(6-4-15)7-8-17-9-11-18(12-10-17)13-14-19/h3-6,13-14,17-18H,2,7-12H2,1H3/b14-13+. The van der Waals surface area contributed by atoms with Gasteiger partial charge in [-0.1, -0.05) is 53.2 Å². The lowest BCUT2D eigenvalue weighted by molar-refractivity contribution is 0.296. The number of aryl methyl sites for hydroxylation is 2. The molecule has 2 rings (SSSR count). The quantitative estimate of drug-likeness (QED) is 0.633. The molecule has 1 fully saturated rings. The molecule has 0 aliphatic heterocycles. The fourth-order valence-electron chi connectivity index (χ4n) is 3.08. The number of allylic oxidation sites excluding steroid dienone is 1. The Morgan fingerprint density at radius 1 is 1.05 bits per heavy atom. The first-order chi connectivity index (χ1) is 9.31. The average Bonchev–Trinajstić information content (AvgIpc) is 2.47. The van der Waals surface area contributed by atoms with Gasteiger partial charge < -0.3 is 0 Å². The third-order valence-corrected chi connectivity index (χ3v) is 4.81. The summed E-state index contributed by atoms with van der Waals surface area (Å²) in [5, 5.41) is 0. The molecule has 0 saturated heterocycles. The van der Waals surface area contributed by atoms with Gasteiger partial charge in [0.15, 0.2) is 0 Å². The molecule has 1 aliphatic carbocycles. The molecular weight excluding hydrogens is 296 g/mol. The highest BCUT2D eigenvalue weighted by molar-refractivity contribution is 9.11. The molecule has 19 heavy (non-hydrogen) atoms. The maximum absolute atomic E-state index is 3.39. The van der Waals surface area contributed by atoms with E-state index in [2.05, 4.69) is 53.2 Å². The largest absolute Gasteiger partial charge is 0.0745 e. The number of hydrogen-bond acceptors (Lipinski definition) is 0. The second-order valence-corrected chi connectivity index (χ2v) is 6.34. The van der Waals surface area contributed by atoms with Gasteiger partial charge in [0.25, 0.3) is 0 Å². The Bertz CT molecular complexity index is 383. The van der Waals surface area contributed by atoms with E-state index in [0.29, 0.717) is 0 Å². The number of rotatable bonds is 5. The molecule has 0 heterocycles. The minimum Gasteiger partial charge on any atom is -0.0745 e. The Morgan fingerprint density at radius 3 is 2.26 bits per heavy atom. The molecule has 0 spiro atoms. The summed E-state index contributed by atoms with van der Waals surface area (Å²) in [7, 11) is 0. The maximum atomic E-state index is 3.39. The molecule has 1 heteroatoms. The zero-order valence-corrected chi connectivity index (χ0v) is 13.5. The molecule has 1 saturated carbocycles. The third kappa shape index (κ3) is 4.80. The normalized spacial score (nSPS) is 23.9. The van der Waals surface area contributed by atoms with E-state index in [-0.39, 0.29) is 0 Å². The van der Waals surface area contributed by atoms with Crippen LogP contribution in [0.25, 0.3) is 0 Å². The molecular formula is C18H25Br. The van der Waals surface area contributed by atoms with Crippen LogP contribution in [0, 0.1) is 11.8 Å². The van der Waals surface area contributed by atoms with E-state index in [9.17, 15) is 0 Å². The zero-order chi connectivity index (χ0) is 13.5. The van der Waals surface area contributed by atoms with Crippen LogP contribution in [0.1, 0.15) is 50.2 Å². The molecule has 0 atom stereocenters. The monoisotopic (exact) mass is 320 g/mol.